The third-order valence-corrected chi connectivity index (χ3v) is 7.70. The average Bonchev–Trinajstić information content (AvgIpc) is 3.01. The summed E-state index contributed by atoms with van der Waals surface area (Å²) >= 11 is 1.15. The number of hydrogen-bond donors (Lipinski definition) is 3. The number of nitrogens with zero attached hydrogens (tertiary/aromatic N) is 1. The molecular formula is C20H27FN4O3S2. The molecule has 0 aliphatic heterocycles. The molecule has 1 aliphatic rings. The number of thiazole rings is 1. The predicted octanol–water partition coefficient (Wildman–Crippen LogP) is 3.39. The Bertz CT molecular complexity index is 999. The summed E-state index contributed by atoms with van der Waals surface area (Å²) in [6.07, 6.45) is 3.01. The van der Waals surface area contributed by atoms with Crippen LogP contribution in [0.3, 0.4) is 0 Å². The molecule has 0 amide bonds. The smallest absolute Gasteiger partial charge is 0.212 e. The summed E-state index contributed by atoms with van der Waals surface area (Å²) in [5.41, 5.74) is 6.15. The number of ketones is 1. The lowest BCUT2D eigenvalue weighted by molar-refractivity contribution is 0.104. The fourth-order valence-corrected chi connectivity index (χ4v) is 6.23. The van der Waals surface area contributed by atoms with Crippen LogP contribution < -0.4 is 15.8 Å². The molecule has 10 heteroatoms. The van der Waals surface area contributed by atoms with Gasteiger partial charge >= 0.3 is 0 Å². The molecule has 4 N–H and O–H groups in total. The van der Waals surface area contributed by atoms with Gasteiger partial charge in [-0.05, 0) is 43.7 Å². The molecule has 0 bridgehead atoms. The number of carbonyl (C=O) groups is 1. The molecule has 0 radical (unpaired) electrons. The zero-order valence-corrected chi connectivity index (χ0v) is 18.7. The van der Waals surface area contributed by atoms with E-state index in [-0.39, 0.29) is 45.8 Å². The minimum atomic E-state index is -3.26. The van der Waals surface area contributed by atoms with Crippen molar-refractivity contribution >= 4 is 38.1 Å². The number of rotatable bonds is 8. The molecule has 2 aromatic rings. The second-order valence-corrected chi connectivity index (χ2v) is 10.9. The van der Waals surface area contributed by atoms with E-state index in [1.165, 1.54) is 18.2 Å². The predicted molar refractivity (Wildman–Crippen MR) is 118 cm³/mol. The Kier molecular flexibility index (Phi) is 7.10. The van der Waals surface area contributed by atoms with Crippen LogP contribution in [-0.2, 0) is 10.0 Å². The van der Waals surface area contributed by atoms with E-state index in [1.807, 2.05) is 13.8 Å². The first kappa shape index (κ1) is 22.6. The first-order chi connectivity index (χ1) is 14.1. The fraction of sp³-hybridized carbons (Fsp3) is 0.500. The largest absolute Gasteiger partial charge is 0.382 e. The highest BCUT2D eigenvalue weighted by molar-refractivity contribution is 7.89. The number of aromatic nitrogens is 1. The van der Waals surface area contributed by atoms with Crippen LogP contribution in [0.15, 0.2) is 24.3 Å². The van der Waals surface area contributed by atoms with Crippen molar-refractivity contribution < 1.29 is 17.6 Å². The SMILES string of the molecule is CC(C)CS(=O)(=O)N[C@H]1CC[C@H](Nc2nc(N)c(C(=O)c3cccc(F)c3)s2)CC1. The van der Waals surface area contributed by atoms with E-state index in [4.69, 9.17) is 5.73 Å². The lowest BCUT2D eigenvalue weighted by Gasteiger charge is -2.29. The van der Waals surface area contributed by atoms with Crippen molar-refractivity contribution in [3.8, 4) is 0 Å². The zero-order chi connectivity index (χ0) is 21.9. The molecular weight excluding hydrogens is 427 g/mol. The van der Waals surface area contributed by atoms with Crippen LogP contribution >= 0.6 is 11.3 Å². The monoisotopic (exact) mass is 454 g/mol. The maximum Gasteiger partial charge on any atom is 0.212 e. The van der Waals surface area contributed by atoms with Gasteiger partial charge in [0.25, 0.3) is 0 Å². The van der Waals surface area contributed by atoms with Gasteiger partial charge in [-0.1, -0.05) is 37.3 Å². The number of nitrogen functional groups attached to an aromatic ring is 1. The Morgan fingerprint density at radius 1 is 1.27 bits per heavy atom. The number of anilines is 2. The molecule has 164 valence electrons. The Balaban J connectivity index is 1.57. The lowest BCUT2D eigenvalue weighted by atomic mass is 9.92. The molecule has 1 aromatic heterocycles. The van der Waals surface area contributed by atoms with Crippen LogP contribution in [0.4, 0.5) is 15.3 Å². The molecule has 30 heavy (non-hydrogen) atoms. The molecule has 1 fully saturated rings. The van der Waals surface area contributed by atoms with Crippen LogP contribution in [-0.4, -0.2) is 37.0 Å². The minimum absolute atomic E-state index is 0.0571. The Morgan fingerprint density at radius 3 is 2.57 bits per heavy atom. The minimum Gasteiger partial charge on any atom is -0.382 e. The van der Waals surface area contributed by atoms with Crippen molar-refractivity contribution in [2.24, 2.45) is 5.92 Å². The van der Waals surface area contributed by atoms with Gasteiger partial charge < -0.3 is 11.1 Å². The Morgan fingerprint density at radius 2 is 1.93 bits per heavy atom. The quantitative estimate of drug-likeness (QED) is 0.527. The van der Waals surface area contributed by atoms with Crippen LogP contribution in [0.5, 0.6) is 0 Å². The second kappa shape index (κ2) is 9.40. The first-order valence-electron chi connectivity index (χ1n) is 9.96. The molecule has 1 aromatic carbocycles. The van der Waals surface area contributed by atoms with E-state index in [0.29, 0.717) is 5.13 Å². The van der Waals surface area contributed by atoms with Gasteiger partial charge in [0.15, 0.2) is 5.13 Å². The van der Waals surface area contributed by atoms with Crippen molar-refractivity contribution in [1.29, 1.82) is 0 Å². The van der Waals surface area contributed by atoms with Gasteiger partial charge in [-0.15, -0.1) is 0 Å². The standard InChI is InChI=1S/C20H27FN4O3S2/c1-12(2)11-30(27,28)25-16-8-6-15(7-9-16)23-20-24-19(22)18(29-20)17(26)13-4-3-5-14(21)10-13/h3-5,10,12,15-16,25H,6-9,11,22H2,1-2H3,(H,23,24)/t15-,16-. The topological polar surface area (TPSA) is 114 Å². The van der Waals surface area contributed by atoms with Crippen molar-refractivity contribution in [3.05, 3.63) is 40.5 Å². The summed E-state index contributed by atoms with van der Waals surface area (Å²) < 4.78 is 40.4. The number of hydrogen-bond acceptors (Lipinski definition) is 7. The fourth-order valence-electron chi connectivity index (χ4n) is 3.59. The molecule has 0 unspecified atom stereocenters. The summed E-state index contributed by atoms with van der Waals surface area (Å²) in [7, 11) is -3.26. The number of halogens is 1. The number of nitrogens with one attached hydrogen (secondary N) is 2. The van der Waals surface area contributed by atoms with Gasteiger partial charge in [0, 0.05) is 17.6 Å². The molecule has 1 aliphatic carbocycles. The number of nitrogens with two attached hydrogens (primary N) is 1. The number of benzene rings is 1. The molecule has 0 saturated heterocycles. The third-order valence-electron chi connectivity index (χ3n) is 4.90. The van der Waals surface area contributed by atoms with E-state index in [2.05, 4.69) is 15.0 Å². The Hall–Kier alpha value is -2.04. The summed E-state index contributed by atoms with van der Waals surface area (Å²) in [5.74, 6) is -0.512. The van der Waals surface area contributed by atoms with Gasteiger partial charge in [-0.2, -0.15) is 0 Å². The van der Waals surface area contributed by atoms with Crippen LogP contribution in [0.2, 0.25) is 0 Å². The van der Waals surface area contributed by atoms with Crippen molar-refractivity contribution in [2.45, 2.75) is 51.6 Å². The van der Waals surface area contributed by atoms with E-state index in [0.717, 1.165) is 37.0 Å². The van der Waals surface area contributed by atoms with Gasteiger partial charge in [0.05, 0.1) is 5.75 Å². The van der Waals surface area contributed by atoms with E-state index >= 15 is 0 Å². The van der Waals surface area contributed by atoms with E-state index in [1.54, 1.807) is 6.07 Å². The van der Waals surface area contributed by atoms with Crippen LogP contribution in [0.1, 0.15) is 54.8 Å². The van der Waals surface area contributed by atoms with E-state index in [9.17, 15) is 17.6 Å². The molecule has 1 saturated carbocycles. The first-order valence-corrected chi connectivity index (χ1v) is 12.4. The van der Waals surface area contributed by atoms with Gasteiger partial charge in [0.2, 0.25) is 15.8 Å². The van der Waals surface area contributed by atoms with Crippen LogP contribution in [0.25, 0.3) is 0 Å². The zero-order valence-electron chi connectivity index (χ0n) is 17.0. The maximum atomic E-state index is 13.4. The molecule has 3 rings (SSSR count). The number of carbonyl (C=O) groups excluding carboxylic acids is 1. The summed E-state index contributed by atoms with van der Waals surface area (Å²) in [6.45, 7) is 3.76. The van der Waals surface area contributed by atoms with Crippen molar-refractivity contribution in [1.82, 2.24) is 9.71 Å². The number of sulfonamides is 1. The normalized spacial score (nSPS) is 19.7. The van der Waals surface area contributed by atoms with Crippen molar-refractivity contribution in [3.63, 3.8) is 0 Å². The van der Waals surface area contributed by atoms with Crippen molar-refractivity contribution in [2.75, 3.05) is 16.8 Å². The molecule has 1 heterocycles. The summed E-state index contributed by atoms with van der Waals surface area (Å²) in [6, 6.07) is 5.54. The highest BCUT2D eigenvalue weighted by Crippen LogP contribution is 2.30. The molecule has 7 nitrogen and oxygen atoms in total. The van der Waals surface area contributed by atoms with Gasteiger partial charge in [-0.3, -0.25) is 4.79 Å². The molecule has 0 atom stereocenters. The second-order valence-electron chi connectivity index (χ2n) is 8.06. The van der Waals surface area contributed by atoms with Crippen LogP contribution in [0, 0.1) is 11.7 Å². The maximum absolute atomic E-state index is 13.4. The summed E-state index contributed by atoms with van der Waals surface area (Å²) in [5, 5.41) is 3.84. The average molecular weight is 455 g/mol. The third kappa shape index (κ3) is 5.99. The molecule has 0 spiro atoms. The highest BCUT2D eigenvalue weighted by atomic mass is 32.2. The highest BCUT2D eigenvalue weighted by Gasteiger charge is 2.26. The lowest BCUT2D eigenvalue weighted by Crippen LogP contribution is -2.41. The van der Waals surface area contributed by atoms with Gasteiger partial charge in [-0.25, -0.2) is 22.5 Å². The Labute approximate surface area is 180 Å². The van der Waals surface area contributed by atoms with Gasteiger partial charge in [0.1, 0.15) is 16.5 Å². The summed E-state index contributed by atoms with van der Waals surface area (Å²) in [4.78, 5) is 17.1. The van der Waals surface area contributed by atoms with E-state index < -0.39 is 15.8 Å².